The van der Waals surface area contributed by atoms with E-state index < -0.39 is 5.91 Å². The molecule has 2 aromatic carbocycles. The van der Waals surface area contributed by atoms with Crippen LogP contribution in [0.1, 0.15) is 0 Å². The van der Waals surface area contributed by atoms with Gasteiger partial charge in [-0.05, 0) is 36.4 Å². The second-order valence-electron chi connectivity index (χ2n) is 4.71. The van der Waals surface area contributed by atoms with Crippen molar-refractivity contribution >= 4 is 23.2 Å². The number of hydrogen-bond donors (Lipinski definition) is 2. The molecule has 0 aliphatic carbocycles. The van der Waals surface area contributed by atoms with Crippen LogP contribution in [0.5, 0.6) is 11.5 Å². The molecular weight excluding hydrogens is 326 g/mol. The summed E-state index contributed by atoms with van der Waals surface area (Å²) < 4.78 is 5.67. The quantitative estimate of drug-likeness (QED) is 0.349. The Hall–Kier alpha value is -2.97. The Kier molecular flexibility index (Phi) is 6.69. The zero-order valence-electron chi connectivity index (χ0n) is 12.8. The predicted molar refractivity (Wildman–Crippen MR) is 94.0 cm³/mol. The molecule has 2 aromatic rings. The standard InChI is InChI=1S/C18H16ClN3O2/c19-10-11-21-13-14(12-20)18(23)22-15-6-8-17(9-7-15)24-16-4-2-1-3-5-16/h1-9,13,21H,10-11H2,(H,22,23)/b14-13-. The van der Waals surface area contributed by atoms with Crippen LogP contribution in [0.3, 0.4) is 0 Å². The van der Waals surface area contributed by atoms with Crippen LogP contribution in [0.15, 0.2) is 66.4 Å². The summed E-state index contributed by atoms with van der Waals surface area (Å²) in [6.45, 7) is 0.478. The van der Waals surface area contributed by atoms with Crippen molar-refractivity contribution in [1.82, 2.24) is 5.32 Å². The summed E-state index contributed by atoms with van der Waals surface area (Å²) in [5.74, 6) is 1.28. The average Bonchev–Trinajstić information content (AvgIpc) is 2.61. The van der Waals surface area contributed by atoms with Crippen LogP contribution in [0.4, 0.5) is 5.69 Å². The number of anilines is 1. The predicted octanol–water partition coefficient (Wildman–Crippen LogP) is 3.65. The Morgan fingerprint density at radius 1 is 1.12 bits per heavy atom. The molecule has 0 aliphatic rings. The molecule has 0 bridgehead atoms. The number of nitrogens with one attached hydrogen (secondary N) is 2. The van der Waals surface area contributed by atoms with E-state index in [1.807, 2.05) is 36.4 Å². The number of ether oxygens (including phenoxy) is 1. The fraction of sp³-hybridized carbons (Fsp3) is 0.111. The molecule has 24 heavy (non-hydrogen) atoms. The van der Waals surface area contributed by atoms with Crippen molar-refractivity contribution in [2.24, 2.45) is 0 Å². The van der Waals surface area contributed by atoms with Gasteiger partial charge in [-0.15, -0.1) is 11.6 Å². The molecule has 6 heteroatoms. The molecule has 0 saturated heterocycles. The first kappa shape index (κ1) is 17.4. The maximum atomic E-state index is 12.0. The number of para-hydroxylation sites is 1. The van der Waals surface area contributed by atoms with Crippen LogP contribution >= 0.6 is 11.6 Å². The number of carbonyl (C=O) groups excluding carboxylic acids is 1. The van der Waals surface area contributed by atoms with Crippen LogP contribution in [0.2, 0.25) is 0 Å². The molecule has 0 aromatic heterocycles. The third kappa shape index (κ3) is 5.34. The molecule has 0 unspecified atom stereocenters. The van der Waals surface area contributed by atoms with Crippen molar-refractivity contribution in [1.29, 1.82) is 5.26 Å². The first-order chi connectivity index (χ1) is 11.7. The lowest BCUT2D eigenvalue weighted by molar-refractivity contribution is -0.112. The maximum absolute atomic E-state index is 12.0. The van der Waals surface area contributed by atoms with E-state index in [-0.39, 0.29) is 5.57 Å². The van der Waals surface area contributed by atoms with E-state index in [0.29, 0.717) is 23.9 Å². The number of carbonyl (C=O) groups is 1. The van der Waals surface area contributed by atoms with Gasteiger partial charge in [-0.1, -0.05) is 18.2 Å². The van der Waals surface area contributed by atoms with E-state index in [1.54, 1.807) is 24.3 Å². The summed E-state index contributed by atoms with van der Waals surface area (Å²) in [6.07, 6.45) is 1.35. The van der Waals surface area contributed by atoms with E-state index in [2.05, 4.69) is 10.6 Å². The lowest BCUT2D eigenvalue weighted by atomic mass is 10.2. The molecule has 0 radical (unpaired) electrons. The maximum Gasteiger partial charge on any atom is 0.267 e. The van der Waals surface area contributed by atoms with Gasteiger partial charge in [0.2, 0.25) is 0 Å². The second kappa shape index (κ2) is 9.23. The number of benzene rings is 2. The highest BCUT2D eigenvalue weighted by Crippen LogP contribution is 2.22. The van der Waals surface area contributed by atoms with Crippen LogP contribution in [0.25, 0.3) is 0 Å². The zero-order valence-corrected chi connectivity index (χ0v) is 13.6. The van der Waals surface area contributed by atoms with Crippen LogP contribution in [0, 0.1) is 11.3 Å². The molecule has 0 fully saturated rings. The van der Waals surface area contributed by atoms with E-state index in [1.165, 1.54) is 6.20 Å². The van der Waals surface area contributed by atoms with Crippen molar-refractivity contribution in [3.05, 3.63) is 66.4 Å². The molecule has 0 aliphatic heterocycles. The van der Waals surface area contributed by atoms with Gasteiger partial charge < -0.3 is 15.4 Å². The van der Waals surface area contributed by atoms with Crippen LogP contribution in [-0.2, 0) is 4.79 Å². The van der Waals surface area contributed by atoms with Gasteiger partial charge in [-0.3, -0.25) is 4.79 Å². The normalized spacial score (nSPS) is 10.6. The summed E-state index contributed by atoms with van der Waals surface area (Å²) in [6, 6.07) is 18.1. The van der Waals surface area contributed by atoms with Gasteiger partial charge in [0.1, 0.15) is 23.1 Å². The Labute approximate surface area is 145 Å². The van der Waals surface area contributed by atoms with Gasteiger partial charge >= 0.3 is 0 Å². The lowest BCUT2D eigenvalue weighted by Crippen LogP contribution is -2.17. The van der Waals surface area contributed by atoms with Crippen molar-refractivity contribution < 1.29 is 9.53 Å². The molecule has 0 heterocycles. The van der Waals surface area contributed by atoms with E-state index in [0.717, 1.165) is 5.75 Å². The molecule has 2 rings (SSSR count). The van der Waals surface area contributed by atoms with Gasteiger partial charge in [-0.25, -0.2) is 0 Å². The SMILES string of the molecule is N#C/C(=C/NCCCl)C(=O)Nc1ccc(Oc2ccccc2)cc1. The topological polar surface area (TPSA) is 74.2 Å². The minimum atomic E-state index is -0.490. The number of rotatable bonds is 7. The summed E-state index contributed by atoms with van der Waals surface area (Å²) in [7, 11) is 0. The van der Waals surface area contributed by atoms with Crippen LogP contribution < -0.4 is 15.4 Å². The minimum Gasteiger partial charge on any atom is -0.457 e. The average molecular weight is 342 g/mol. The number of nitriles is 1. The molecular formula is C18H16ClN3O2. The fourth-order valence-corrected chi connectivity index (χ4v) is 1.92. The zero-order chi connectivity index (χ0) is 17.2. The summed E-state index contributed by atoms with van der Waals surface area (Å²) in [5.41, 5.74) is 0.545. The van der Waals surface area contributed by atoms with Crippen molar-refractivity contribution in [3.8, 4) is 17.6 Å². The Morgan fingerprint density at radius 2 is 1.79 bits per heavy atom. The first-order valence-electron chi connectivity index (χ1n) is 7.27. The highest BCUT2D eigenvalue weighted by atomic mass is 35.5. The molecule has 122 valence electrons. The summed E-state index contributed by atoms with van der Waals surface area (Å²) >= 11 is 5.52. The van der Waals surface area contributed by atoms with E-state index in [9.17, 15) is 4.79 Å². The number of hydrogen-bond acceptors (Lipinski definition) is 4. The summed E-state index contributed by atoms with van der Waals surface area (Å²) in [5, 5.41) is 14.5. The van der Waals surface area contributed by atoms with Gasteiger partial charge in [0.05, 0.1) is 0 Å². The van der Waals surface area contributed by atoms with Gasteiger partial charge in [0.15, 0.2) is 0 Å². The molecule has 5 nitrogen and oxygen atoms in total. The lowest BCUT2D eigenvalue weighted by Gasteiger charge is -2.08. The number of alkyl halides is 1. The third-order valence-electron chi connectivity index (χ3n) is 2.94. The summed E-state index contributed by atoms with van der Waals surface area (Å²) in [4.78, 5) is 12.0. The minimum absolute atomic E-state index is 0.0234. The number of nitrogens with zero attached hydrogens (tertiary/aromatic N) is 1. The second-order valence-corrected chi connectivity index (χ2v) is 5.08. The smallest absolute Gasteiger partial charge is 0.267 e. The number of amides is 1. The van der Waals surface area contributed by atoms with Gasteiger partial charge in [-0.2, -0.15) is 5.26 Å². The monoisotopic (exact) mass is 341 g/mol. The highest BCUT2D eigenvalue weighted by molar-refractivity contribution is 6.18. The van der Waals surface area contributed by atoms with E-state index >= 15 is 0 Å². The Morgan fingerprint density at radius 3 is 2.42 bits per heavy atom. The highest BCUT2D eigenvalue weighted by Gasteiger charge is 2.09. The van der Waals surface area contributed by atoms with Crippen molar-refractivity contribution in [2.75, 3.05) is 17.7 Å². The largest absolute Gasteiger partial charge is 0.457 e. The van der Waals surface area contributed by atoms with Gasteiger partial charge in [0, 0.05) is 24.3 Å². The third-order valence-corrected chi connectivity index (χ3v) is 3.13. The Bertz CT molecular complexity index is 737. The van der Waals surface area contributed by atoms with E-state index in [4.69, 9.17) is 21.6 Å². The first-order valence-corrected chi connectivity index (χ1v) is 7.80. The van der Waals surface area contributed by atoms with Gasteiger partial charge in [0.25, 0.3) is 5.91 Å². The molecule has 0 spiro atoms. The van der Waals surface area contributed by atoms with Crippen LogP contribution in [-0.4, -0.2) is 18.3 Å². The Balaban J connectivity index is 1.97. The number of halogens is 1. The fourth-order valence-electron chi connectivity index (χ4n) is 1.81. The van der Waals surface area contributed by atoms with Crippen molar-refractivity contribution in [2.45, 2.75) is 0 Å². The molecule has 2 N–H and O–H groups in total. The molecule has 1 amide bonds. The van der Waals surface area contributed by atoms with Crippen molar-refractivity contribution in [3.63, 3.8) is 0 Å². The molecule has 0 atom stereocenters. The molecule has 0 saturated carbocycles.